The molecule has 3 rings (SSSR count). The molecular formula is C15H22F3N5O2. The molecule has 0 aliphatic carbocycles. The Hall–Kier alpha value is -1.68. The van der Waals surface area contributed by atoms with E-state index in [0.717, 1.165) is 12.8 Å². The van der Waals surface area contributed by atoms with Gasteiger partial charge in [-0.1, -0.05) is 5.21 Å². The molecule has 10 heteroatoms. The van der Waals surface area contributed by atoms with Crippen LogP contribution in [0.4, 0.5) is 13.2 Å². The van der Waals surface area contributed by atoms with Gasteiger partial charge < -0.3 is 9.64 Å². The Bertz CT molecular complexity index is 586. The lowest BCUT2D eigenvalue weighted by Crippen LogP contribution is -2.38. The number of carbonyl (C=O) groups excluding carboxylic acids is 1. The van der Waals surface area contributed by atoms with Gasteiger partial charge in [0, 0.05) is 39.4 Å². The zero-order valence-electron chi connectivity index (χ0n) is 13.9. The maximum Gasteiger partial charge on any atom is 0.401 e. The number of halogens is 3. The van der Waals surface area contributed by atoms with Gasteiger partial charge in [0.05, 0.1) is 18.8 Å². The Labute approximate surface area is 143 Å². The van der Waals surface area contributed by atoms with Crippen molar-refractivity contribution in [3.8, 4) is 0 Å². The minimum atomic E-state index is -4.22. The van der Waals surface area contributed by atoms with Gasteiger partial charge in [0.15, 0.2) is 5.69 Å². The third-order valence-electron chi connectivity index (χ3n) is 4.57. The third-order valence-corrected chi connectivity index (χ3v) is 4.57. The highest BCUT2D eigenvalue weighted by Crippen LogP contribution is 2.20. The number of hydrogen-bond donors (Lipinski definition) is 0. The molecule has 0 bridgehead atoms. The van der Waals surface area contributed by atoms with E-state index in [4.69, 9.17) is 4.74 Å². The quantitative estimate of drug-likeness (QED) is 0.813. The van der Waals surface area contributed by atoms with E-state index >= 15 is 0 Å². The van der Waals surface area contributed by atoms with Crippen molar-refractivity contribution in [1.29, 1.82) is 0 Å². The Kier molecular flexibility index (Phi) is 5.57. The number of hydrogen-bond acceptors (Lipinski definition) is 5. The van der Waals surface area contributed by atoms with Crippen LogP contribution in [0, 0.1) is 0 Å². The van der Waals surface area contributed by atoms with Gasteiger partial charge in [-0.15, -0.1) is 5.10 Å². The number of ether oxygens (including phenoxy) is 1. The van der Waals surface area contributed by atoms with Crippen molar-refractivity contribution in [2.45, 2.75) is 31.5 Å². The Morgan fingerprint density at radius 3 is 2.68 bits per heavy atom. The summed E-state index contributed by atoms with van der Waals surface area (Å²) in [6.07, 6.45) is -0.418. The summed E-state index contributed by atoms with van der Waals surface area (Å²) in [6, 6.07) is 0.175. The number of aromatic nitrogens is 3. The van der Waals surface area contributed by atoms with Crippen LogP contribution in [0.25, 0.3) is 0 Å². The molecule has 0 saturated carbocycles. The summed E-state index contributed by atoms with van der Waals surface area (Å²) in [4.78, 5) is 15.5. The fourth-order valence-electron chi connectivity index (χ4n) is 3.25. The summed E-state index contributed by atoms with van der Waals surface area (Å²) in [6.45, 7) is 1.62. The summed E-state index contributed by atoms with van der Waals surface area (Å²) in [7, 11) is 0. The molecule has 0 unspecified atom stereocenters. The summed E-state index contributed by atoms with van der Waals surface area (Å²) >= 11 is 0. The monoisotopic (exact) mass is 361 g/mol. The standard InChI is InChI=1S/C15H22F3N5O2/c16-15(17,18)11-21-4-1-5-22(7-6-21)14(24)13-10-23(20-19-13)12-2-8-25-9-3-12/h10,12H,1-9,11H2. The normalized spacial score (nSPS) is 21.3. The summed E-state index contributed by atoms with van der Waals surface area (Å²) in [5.74, 6) is -0.271. The highest BCUT2D eigenvalue weighted by molar-refractivity contribution is 5.91. The molecule has 0 spiro atoms. The topological polar surface area (TPSA) is 63.5 Å². The molecule has 140 valence electrons. The number of nitrogens with zero attached hydrogens (tertiary/aromatic N) is 5. The van der Waals surface area contributed by atoms with E-state index in [1.165, 1.54) is 4.90 Å². The second kappa shape index (κ2) is 7.69. The smallest absolute Gasteiger partial charge is 0.381 e. The Morgan fingerprint density at radius 1 is 1.20 bits per heavy atom. The summed E-state index contributed by atoms with van der Waals surface area (Å²) < 4.78 is 44.6. The lowest BCUT2D eigenvalue weighted by atomic mass is 10.1. The van der Waals surface area contributed by atoms with E-state index < -0.39 is 12.7 Å². The fraction of sp³-hybridized carbons (Fsp3) is 0.800. The average Bonchev–Trinajstić information content (AvgIpc) is 2.96. The van der Waals surface area contributed by atoms with Crippen LogP contribution in [0.1, 0.15) is 35.8 Å². The molecule has 1 aromatic rings. The molecule has 1 aromatic heterocycles. The van der Waals surface area contributed by atoms with Crippen molar-refractivity contribution < 1.29 is 22.7 Å². The summed E-state index contributed by atoms with van der Waals surface area (Å²) in [5, 5.41) is 8.01. The van der Waals surface area contributed by atoms with Gasteiger partial charge >= 0.3 is 6.18 Å². The SMILES string of the molecule is O=C(c1cn(C2CCOCC2)nn1)N1CCCN(CC(F)(F)F)CC1. The molecule has 0 atom stereocenters. The van der Waals surface area contributed by atoms with E-state index in [2.05, 4.69) is 10.3 Å². The van der Waals surface area contributed by atoms with Crippen LogP contribution in [0.3, 0.4) is 0 Å². The van der Waals surface area contributed by atoms with Crippen molar-refractivity contribution in [3.05, 3.63) is 11.9 Å². The minimum Gasteiger partial charge on any atom is -0.381 e. The fourth-order valence-corrected chi connectivity index (χ4v) is 3.25. The van der Waals surface area contributed by atoms with Crippen LogP contribution in [0.5, 0.6) is 0 Å². The number of carbonyl (C=O) groups is 1. The Morgan fingerprint density at radius 2 is 1.96 bits per heavy atom. The van der Waals surface area contributed by atoms with Gasteiger partial charge in [0.1, 0.15) is 0 Å². The predicted molar refractivity (Wildman–Crippen MR) is 82.1 cm³/mol. The highest BCUT2D eigenvalue weighted by Gasteiger charge is 2.32. The molecule has 3 heterocycles. The van der Waals surface area contributed by atoms with Gasteiger partial charge in [-0.3, -0.25) is 9.69 Å². The van der Waals surface area contributed by atoms with E-state index in [0.29, 0.717) is 32.7 Å². The minimum absolute atomic E-state index is 0.175. The number of alkyl halides is 3. The van der Waals surface area contributed by atoms with Gasteiger partial charge in [-0.2, -0.15) is 13.2 Å². The molecule has 2 saturated heterocycles. The molecule has 2 aliphatic heterocycles. The third kappa shape index (κ3) is 4.91. The van der Waals surface area contributed by atoms with E-state index in [9.17, 15) is 18.0 Å². The zero-order chi connectivity index (χ0) is 17.9. The van der Waals surface area contributed by atoms with Crippen molar-refractivity contribution in [3.63, 3.8) is 0 Å². The van der Waals surface area contributed by atoms with Crippen molar-refractivity contribution in [2.75, 3.05) is 45.9 Å². The number of rotatable bonds is 3. The highest BCUT2D eigenvalue weighted by atomic mass is 19.4. The lowest BCUT2D eigenvalue weighted by molar-refractivity contribution is -0.145. The lowest BCUT2D eigenvalue weighted by Gasteiger charge is -2.22. The molecule has 0 N–H and O–H groups in total. The van der Waals surface area contributed by atoms with E-state index in [-0.39, 0.29) is 30.7 Å². The second-order valence-electron chi connectivity index (χ2n) is 6.46. The van der Waals surface area contributed by atoms with Crippen LogP contribution in [-0.2, 0) is 4.74 Å². The molecule has 2 aliphatic rings. The van der Waals surface area contributed by atoms with Crippen LogP contribution in [0.2, 0.25) is 0 Å². The van der Waals surface area contributed by atoms with Crippen LogP contribution >= 0.6 is 0 Å². The Balaban J connectivity index is 1.58. The van der Waals surface area contributed by atoms with Crippen molar-refractivity contribution in [2.24, 2.45) is 0 Å². The molecule has 0 aromatic carbocycles. The van der Waals surface area contributed by atoms with Crippen LogP contribution in [-0.4, -0.2) is 82.8 Å². The maximum atomic E-state index is 12.6. The first-order chi connectivity index (χ1) is 11.9. The van der Waals surface area contributed by atoms with Crippen molar-refractivity contribution in [1.82, 2.24) is 24.8 Å². The van der Waals surface area contributed by atoms with Crippen molar-refractivity contribution >= 4 is 5.91 Å². The first-order valence-corrected chi connectivity index (χ1v) is 8.50. The molecule has 2 fully saturated rings. The molecular weight excluding hydrogens is 339 g/mol. The van der Waals surface area contributed by atoms with E-state index in [1.807, 2.05) is 0 Å². The first-order valence-electron chi connectivity index (χ1n) is 8.50. The van der Waals surface area contributed by atoms with Gasteiger partial charge in [-0.25, -0.2) is 4.68 Å². The van der Waals surface area contributed by atoms with Gasteiger partial charge in [0.25, 0.3) is 5.91 Å². The number of amides is 1. The summed E-state index contributed by atoms with van der Waals surface area (Å²) in [5.41, 5.74) is 0.246. The molecule has 25 heavy (non-hydrogen) atoms. The average molecular weight is 361 g/mol. The first kappa shape index (κ1) is 18.1. The molecule has 1 amide bonds. The van der Waals surface area contributed by atoms with Gasteiger partial charge in [0.2, 0.25) is 0 Å². The van der Waals surface area contributed by atoms with Gasteiger partial charge in [-0.05, 0) is 19.3 Å². The largest absolute Gasteiger partial charge is 0.401 e. The molecule has 7 nitrogen and oxygen atoms in total. The molecule has 0 radical (unpaired) electrons. The zero-order valence-corrected chi connectivity index (χ0v) is 13.9. The second-order valence-corrected chi connectivity index (χ2v) is 6.46. The van der Waals surface area contributed by atoms with Crippen LogP contribution in [0.15, 0.2) is 6.20 Å². The van der Waals surface area contributed by atoms with E-state index in [1.54, 1.807) is 15.8 Å². The van der Waals surface area contributed by atoms with Crippen LogP contribution < -0.4 is 0 Å². The predicted octanol–water partition coefficient (Wildman–Crippen LogP) is 1.34. The maximum absolute atomic E-state index is 12.6.